The SMILES string of the molecule is CN(C)c1ccc(/C=C/C=C/c2ccc3ccccc3n2)cc1. The summed E-state index contributed by atoms with van der Waals surface area (Å²) < 4.78 is 0. The van der Waals surface area contributed by atoms with Crippen LogP contribution in [0.15, 0.2) is 72.8 Å². The third-order valence-electron chi connectivity index (χ3n) is 3.70. The summed E-state index contributed by atoms with van der Waals surface area (Å²) in [4.78, 5) is 6.72. The first-order valence-electron chi connectivity index (χ1n) is 7.70. The van der Waals surface area contributed by atoms with Gasteiger partial charge in [0.05, 0.1) is 11.2 Å². The summed E-state index contributed by atoms with van der Waals surface area (Å²) in [6, 6.07) is 20.8. The highest BCUT2D eigenvalue weighted by Gasteiger charge is 1.94. The van der Waals surface area contributed by atoms with Crippen LogP contribution in [-0.4, -0.2) is 19.1 Å². The van der Waals surface area contributed by atoms with Crippen molar-refractivity contribution in [2.45, 2.75) is 0 Å². The Morgan fingerprint density at radius 3 is 2.30 bits per heavy atom. The van der Waals surface area contributed by atoms with E-state index in [0.717, 1.165) is 11.2 Å². The molecule has 0 N–H and O–H groups in total. The van der Waals surface area contributed by atoms with E-state index in [1.54, 1.807) is 0 Å². The quantitative estimate of drug-likeness (QED) is 0.628. The van der Waals surface area contributed by atoms with Crippen molar-refractivity contribution in [3.8, 4) is 0 Å². The van der Waals surface area contributed by atoms with Gasteiger partial charge in [-0.05, 0) is 35.9 Å². The molecule has 0 aliphatic carbocycles. The minimum Gasteiger partial charge on any atom is -0.378 e. The van der Waals surface area contributed by atoms with E-state index in [-0.39, 0.29) is 0 Å². The number of allylic oxidation sites excluding steroid dienone is 2. The molecule has 0 bridgehead atoms. The van der Waals surface area contributed by atoms with E-state index in [9.17, 15) is 0 Å². The van der Waals surface area contributed by atoms with E-state index in [4.69, 9.17) is 0 Å². The lowest BCUT2D eigenvalue weighted by Crippen LogP contribution is -2.07. The zero-order valence-electron chi connectivity index (χ0n) is 13.5. The van der Waals surface area contributed by atoms with Crippen LogP contribution in [0.3, 0.4) is 0 Å². The van der Waals surface area contributed by atoms with Crippen LogP contribution in [0.25, 0.3) is 23.1 Å². The van der Waals surface area contributed by atoms with Crippen molar-refractivity contribution in [1.29, 1.82) is 0 Å². The molecule has 0 saturated heterocycles. The molecule has 0 aliphatic rings. The van der Waals surface area contributed by atoms with Crippen LogP contribution >= 0.6 is 0 Å². The molecule has 0 unspecified atom stereocenters. The Morgan fingerprint density at radius 2 is 1.52 bits per heavy atom. The second-order valence-corrected chi connectivity index (χ2v) is 5.63. The van der Waals surface area contributed by atoms with E-state index in [1.807, 2.05) is 56.6 Å². The minimum atomic E-state index is 0.969. The van der Waals surface area contributed by atoms with Gasteiger partial charge in [0.2, 0.25) is 0 Å². The molecule has 1 heterocycles. The van der Waals surface area contributed by atoms with Gasteiger partial charge in [0.15, 0.2) is 0 Å². The standard InChI is InChI=1S/C21H20N2/c1-23(2)20-15-11-17(12-16-20)7-3-5-9-19-14-13-18-8-4-6-10-21(18)22-19/h3-16H,1-2H3/b7-3+,9-5+. The Kier molecular flexibility index (Phi) is 4.53. The zero-order valence-corrected chi connectivity index (χ0v) is 13.5. The maximum Gasteiger partial charge on any atom is 0.0709 e. The van der Waals surface area contributed by atoms with Crippen molar-refractivity contribution in [3.63, 3.8) is 0 Å². The van der Waals surface area contributed by atoms with Crippen molar-refractivity contribution in [3.05, 3.63) is 84.1 Å². The second kappa shape index (κ2) is 6.93. The number of benzene rings is 2. The van der Waals surface area contributed by atoms with Gasteiger partial charge in [-0.25, -0.2) is 4.98 Å². The fraction of sp³-hybridized carbons (Fsp3) is 0.0952. The smallest absolute Gasteiger partial charge is 0.0709 e. The van der Waals surface area contributed by atoms with Crippen LogP contribution in [-0.2, 0) is 0 Å². The summed E-state index contributed by atoms with van der Waals surface area (Å²) in [7, 11) is 4.09. The Labute approximate surface area is 137 Å². The predicted octanol–water partition coefficient (Wildman–Crippen LogP) is 5.03. The van der Waals surface area contributed by atoms with Gasteiger partial charge in [0.25, 0.3) is 0 Å². The van der Waals surface area contributed by atoms with Gasteiger partial charge < -0.3 is 4.90 Å². The minimum absolute atomic E-state index is 0.969. The Hall–Kier alpha value is -2.87. The third kappa shape index (κ3) is 3.86. The van der Waals surface area contributed by atoms with Crippen molar-refractivity contribution in [2.24, 2.45) is 0 Å². The molecular weight excluding hydrogens is 280 g/mol. The Balaban J connectivity index is 1.69. The van der Waals surface area contributed by atoms with Crippen LogP contribution in [0, 0.1) is 0 Å². The summed E-state index contributed by atoms with van der Waals surface area (Å²) >= 11 is 0. The fourth-order valence-electron chi connectivity index (χ4n) is 2.38. The van der Waals surface area contributed by atoms with E-state index in [2.05, 4.69) is 52.4 Å². The monoisotopic (exact) mass is 300 g/mol. The predicted molar refractivity (Wildman–Crippen MR) is 101 cm³/mol. The molecule has 0 spiro atoms. The summed E-state index contributed by atoms with van der Waals surface area (Å²) in [5, 5.41) is 1.17. The van der Waals surface area contributed by atoms with Crippen molar-refractivity contribution < 1.29 is 0 Å². The number of hydrogen-bond donors (Lipinski definition) is 0. The fourth-order valence-corrected chi connectivity index (χ4v) is 2.38. The number of hydrogen-bond acceptors (Lipinski definition) is 2. The van der Waals surface area contributed by atoms with Crippen LogP contribution in [0.4, 0.5) is 5.69 Å². The second-order valence-electron chi connectivity index (χ2n) is 5.63. The van der Waals surface area contributed by atoms with Gasteiger partial charge in [-0.15, -0.1) is 0 Å². The lowest BCUT2D eigenvalue weighted by atomic mass is 10.1. The molecule has 0 fully saturated rings. The summed E-state index contributed by atoms with van der Waals surface area (Å²) in [6.45, 7) is 0. The van der Waals surface area contributed by atoms with Gasteiger partial charge in [-0.2, -0.15) is 0 Å². The van der Waals surface area contributed by atoms with Gasteiger partial charge >= 0.3 is 0 Å². The number of pyridine rings is 1. The van der Waals surface area contributed by atoms with Gasteiger partial charge in [0, 0.05) is 25.2 Å². The highest BCUT2D eigenvalue weighted by Crippen LogP contribution is 2.14. The molecule has 3 aromatic rings. The molecular formula is C21H20N2. The first-order valence-corrected chi connectivity index (χ1v) is 7.70. The van der Waals surface area contributed by atoms with Gasteiger partial charge in [0.1, 0.15) is 0 Å². The van der Waals surface area contributed by atoms with Crippen molar-refractivity contribution in [1.82, 2.24) is 4.98 Å². The molecule has 0 atom stereocenters. The van der Waals surface area contributed by atoms with Crippen LogP contribution in [0.2, 0.25) is 0 Å². The molecule has 0 saturated carbocycles. The van der Waals surface area contributed by atoms with Crippen molar-refractivity contribution in [2.75, 3.05) is 19.0 Å². The first kappa shape index (κ1) is 15.0. The number of aromatic nitrogens is 1. The molecule has 114 valence electrons. The van der Waals surface area contributed by atoms with Gasteiger partial charge in [-0.3, -0.25) is 0 Å². The number of nitrogens with zero attached hydrogens (tertiary/aromatic N) is 2. The van der Waals surface area contributed by atoms with Crippen LogP contribution in [0.5, 0.6) is 0 Å². The molecule has 0 amide bonds. The summed E-state index contributed by atoms with van der Waals surface area (Å²) in [5.74, 6) is 0. The average molecular weight is 300 g/mol. The molecule has 0 aliphatic heterocycles. The van der Waals surface area contributed by atoms with Crippen LogP contribution in [0.1, 0.15) is 11.3 Å². The highest BCUT2D eigenvalue weighted by atomic mass is 15.1. The Bertz CT molecular complexity index is 843. The number of para-hydroxylation sites is 1. The largest absolute Gasteiger partial charge is 0.378 e. The summed E-state index contributed by atoms with van der Waals surface area (Å²) in [6.07, 6.45) is 8.19. The number of fused-ring (bicyclic) bond motifs is 1. The number of rotatable bonds is 4. The molecule has 3 rings (SSSR count). The zero-order chi connectivity index (χ0) is 16.1. The first-order chi connectivity index (χ1) is 11.2. The van der Waals surface area contributed by atoms with E-state index < -0.39 is 0 Å². The highest BCUT2D eigenvalue weighted by molar-refractivity contribution is 5.79. The van der Waals surface area contributed by atoms with Crippen LogP contribution < -0.4 is 4.90 Å². The molecule has 23 heavy (non-hydrogen) atoms. The maximum atomic E-state index is 4.62. The average Bonchev–Trinajstić information content (AvgIpc) is 2.59. The normalized spacial score (nSPS) is 11.6. The molecule has 2 nitrogen and oxygen atoms in total. The van der Waals surface area contributed by atoms with Gasteiger partial charge in [-0.1, -0.05) is 54.6 Å². The van der Waals surface area contributed by atoms with E-state index in [0.29, 0.717) is 0 Å². The maximum absolute atomic E-state index is 4.62. The molecule has 1 aromatic heterocycles. The van der Waals surface area contributed by atoms with E-state index in [1.165, 1.54) is 16.6 Å². The molecule has 2 heteroatoms. The topological polar surface area (TPSA) is 16.1 Å². The number of anilines is 1. The lowest BCUT2D eigenvalue weighted by Gasteiger charge is -2.11. The third-order valence-corrected chi connectivity index (χ3v) is 3.70. The lowest BCUT2D eigenvalue weighted by molar-refractivity contribution is 1.13. The Morgan fingerprint density at radius 1 is 0.783 bits per heavy atom. The van der Waals surface area contributed by atoms with E-state index >= 15 is 0 Å². The van der Waals surface area contributed by atoms with Crippen molar-refractivity contribution >= 4 is 28.7 Å². The molecule has 0 radical (unpaired) electrons. The summed E-state index contributed by atoms with van der Waals surface area (Å²) in [5.41, 5.74) is 4.39. The molecule has 2 aromatic carbocycles.